The van der Waals surface area contributed by atoms with E-state index in [1.807, 2.05) is 5.38 Å². The van der Waals surface area contributed by atoms with Crippen LogP contribution in [0.5, 0.6) is 0 Å². The van der Waals surface area contributed by atoms with E-state index in [0.29, 0.717) is 6.42 Å². The summed E-state index contributed by atoms with van der Waals surface area (Å²) >= 11 is 1.54. The van der Waals surface area contributed by atoms with Crippen LogP contribution in [0.2, 0.25) is 0 Å². The zero-order valence-corrected chi connectivity index (χ0v) is 7.43. The smallest absolute Gasteiger partial charge is 0.217 e. The van der Waals surface area contributed by atoms with E-state index in [-0.39, 0.29) is 5.91 Å². The predicted molar refractivity (Wildman–Crippen MR) is 49.0 cm³/mol. The summed E-state index contributed by atoms with van der Waals surface area (Å²) < 4.78 is 0. The third kappa shape index (κ3) is 3.34. The summed E-state index contributed by atoms with van der Waals surface area (Å²) in [6, 6.07) is 0. The number of rotatable bonds is 5. The zero-order valence-electron chi connectivity index (χ0n) is 6.62. The Bertz CT molecular complexity index is 235. The second kappa shape index (κ2) is 4.71. The summed E-state index contributed by atoms with van der Waals surface area (Å²) in [7, 11) is 0. The van der Waals surface area contributed by atoms with Crippen molar-refractivity contribution < 1.29 is 4.79 Å². The van der Waals surface area contributed by atoms with Crippen LogP contribution in [-0.2, 0) is 4.79 Å². The van der Waals surface area contributed by atoms with Crippen molar-refractivity contribution in [3.63, 3.8) is 0 Å². The van der Waals surface area contributed by atoms with Gasteiger partial charge < -0.3 is 11.1 Å². The molecule has 1 aromatic rings. The molecule has 66 valence electrons. The molecule has 0 bridgehead atoms. The Morgan fingerprint density at radius 2 is 2.58 bits per heavy atom. The van der Waals surface area contributed by atoms with E-state index < -0.39 is 0 Å². The van der Waals surface area contributed by atoms with Gasteiger partial charge in [-0.25, -0.2) is 4.98 Å². The van der Waals surface area contributed by atoms with Gasteiger partial charge in [0.1, 0.15) is 0 Å². The minimum atomic E-state index is -0.254. The van der Waals surface area contributed by atoms with Crippen LogP contribution in [0.4, 0.5) is 5.13 Å². The quantitative estimate of drug-likeness (QED) is 0.667. The highest BCUT2D eigenvalue weighted by molar-refractivity contribution is 7.13. The lowest BCUT2D eigenvalue weighted by Crippen LogP contribution is -2.12. The number of hydrogen-bond acceptors (Lipinski definition) is 4. The molecule has 1 amide bonds. The van der Waals surface area contributed by atoms with Gasteiger partial charge in [0.05, 0.1) is 0 Å². The molecule has 0 spiro atoms. The number of carbonyl (C=O) groups is 1. The fourth-order valence-electron chi connectivity index (χ4n) is 0.769. The van der Waals surface area contributed by atoms with Gasteiger partial charge in [0.15, 0.2) is 5.13 Å². The first kappa shape index (κ1) is 8.99. The number of amides is 1. The molecule has 0 saturated heterocycles. The molecule has 0 saturated carbocycles. The average Bonchev–Trinajstić information content (AvgIpc) is 2.49. The molecule has 0 aliphatic carbocycles. The van der Waals surface area contributed by atoms with Gasteiger partial charge in [-0.15, -0.1) is 11.3 Å². The lowest BCUT2D eigenvalue weighted by Gasteiger charge is -1.99. The molecule has 4 nitrogen and oxygen atoms in total. The molecular formula is C7H11N3OS. The van der Waals surface area contributed by atoms with Gasteiger partial charge in [-0.3, -0.25) is 4.79 Å². The van der Waals surface area contributed by atoms with Crippen molar-refractivity contribution in [2.45, 2.75) is 12.8 Å². The Kier molecular flexibility index (Phi) is 3.53. The van der Waals surface area contributed by atoms with Crippen LogP contribution in [0.3, 0.4) is 0 Å². The van der Waals surface area contributed by atoms with E-state index in [2.05, 4.69) is 10.3 Å². The molecule has 5 heteroatoms. The highest BCUT2D eigenvalue weighted by Gasteiger charge is 1.95. The van der Waals surface area contributed by atoms with E-state index in [0.717, 1.165) is 18.1 Å². The number of aromatic nitrogens is 1. The maximum atomic E-state index is 10.3. The van der Waals surface area contributed by atoms with Crippen molar-refractivity contribution >= 4 is 22.4 Å². The van der Waals surface area contributed by atoms with Crippen molar-refractivity contribution in [3.8, 4) is 0 Å². The van der Waals surface area contributed by atoms with E-state index in [1.54, 1.807) is 17.5 Å². The largest absolute Gasteiger partial charge is 0.370 e. The average molecular weight is 185 g/mol. The maximum Gasteiger partial charge on any atom is 0.217 e. The summed E-state index contributed by atoms with van der Waals surface area (Å²) in [6.45, 7) is 0.746. The van der Waals surface area contributed by atoms with Crippen LogP contribution in [0, 0.1) is 0 Å². The lowest BCUT2D eigenvalue weighted by molar-refractivity contribution is -0.118. The van der Waals surface area contributed by atoms with Gasteiger partial charge in [0, 0.05) is 24.5 Å². The lowest BCUT2D eigenvalue weighted by atomic mass is 10.3. The molecule has 0 radical (unpaired) electrons. The summed E-state index contributed by atoms with van der Waals surface area (Å²) in [5.74, 6) is -0.254. The summed E-state index contributed by atoms with van der Waals surface area (Å²) in [4.78, 5) is 14.4. The van der Waals surface area contributed by atoms with Crippen molar-refractivity contribution in [3.05, 3.63) is 11.6 Å². The molecule has 0 aromatic carbocycles. The fourth-order valence-corrected chi connectivity index (χ4v) is 1.33. The number of carbonyl (C=O) groups excluding carboxylic acids is 1. The number of nitrogens with one attached hydrogen (secondary N) is 1. The molecule has 3 N–H and O–H groups in total. The van der Waals surface area contributed by atoms with Crippen LogP contribution >= 0.6 is 11.3 Å². The Labute approximate surface area is 74.8 Å². The Morgan fingerprint density at radius 3 is 3.17 bits per heavy atom. The summed E-state index contributed by atoms with van der Waals surface area (Å²) in [5, 5.41) is 5.87. The normalized spacial score (nSPS) is 9.67. The number of anilines is 1. The van der Waals surface area contributed by atoms with Gasteiger partial charge in [-0.1, -0.05) is 0 Å². The number of hydrogen-bond donors (Lipinski definition) is 2. The predicted octanol–water partition coefficient (Wildman–Crippen LogP) is 0.820. The molecular weight excluding hydrogens is 174 g/mol. The molecule has 12 heavy (non-hydrogen) atoms. The Hall–Kier alpha value is -1.10. The van der Waals surface area contributed by atoms with Gasteiger partial charge in [-0.05, 0) is 6.42 Å². The van der Waals surface area contributed by atoms with Gasteiger partial charge in [-0.2, -0.15) is 0 Å². The van der Waals surface area contributed by atoms with Crippen molar-refractivity contribution in [2.24, 2.45) is 5.73 Å². The van der Waals surface area contributed by atoms with Crippen molar-refractivity contribution in [1.82, 2.24) is 4.98 Å². The Morgan fingerprint density at radius 1 is 1.75 bits per heavy atom. The second-order valence-electron chi connectivity index (χ2n) is 2.33. The highest BCUT2D eigenvalue weighted by Crippen LogP contribution is 2.09. The minimum absolute atomic E-state index is 0.254. The zero-order chi connectivity index (χ0) is 8.81. The molecule has 0 aliphatic rings. The van der Waals surface area contributed by atoms with Crippen LogP contribution in [0.1, 0.15) is 12.8 Å². The number of nitrogens with zero attached hydrogens (tertiary/aromatic N) is 1. The van der Waals surface area contributed by atoms with Gasteiger partial charge >= 0.3 is 0 Å². The molecule has 0 fully saturated rings. The molecule has 1 heterocycles. The summed E-state index contributed by atoms with van der Waals surface area (Å²) in [6.07, 6.45) is 2.92. The van der Waals surface area contributed by atoms with Crippen LogP contribution in [0.25, 0.3) is 0 Å². The maximum absolute atomic E-state index is 10.3. The first-order valence-corrected chi connectivity index (χ1v) is 4.58. The van der Waals surface area contributed by atoms with E-state index in [1.165, 1.54) is 0 Å². The number of primary amides is 1. The molecule has 1 rings (SSSR count). The van der Waals surface area contributed by atoms with E-state index >= 15 is 0 Å². The van der Waals surface area contributed by atoms with Gasteiger partial charge in [0.2, 0.25) is 5.91 Å². The Balaban J connectivity index is 2.07. The molecule has 0 unspecified atom stereocenters. The minimum Gasteiger partial charge on any atom is -0.370 e. The van der Waals surface area contributed by atoms with Crippen LogP contribution < -0.4 is 11.1 Å². The summed E-state index contributed by atoms with van der Waals surface area (Å²) in [5.41, 5.74) is 4.97. The van der Waals surface area contributed by atoms with E-state index in [9.17, 15) is 4.79 Å². The molecule has 1 aromatic heterocycles. The monoisotopic (exact) mass is 185 g/mol. The highest BCUT2D eigenvalue weighted by atomic mass is 32.1. The third-order valence-electron chi connectivity index (χ3n) is 1.31. The standard InChI is InChI=1S/C7H11N3OS/c8-6(11)2-1-3-9-7-10-4-5-12-7/h4-5H,1-3H2,(H2,8,11)(H,9,10). The van der Waals surface area contributed by atoms with Gasteiger partial charge in [0.25, 0.3) is 0 Å². The van der Waals surface area contributed by atoms with Crippen molar-refractivity contribution in [2.75, 3.05) is 11.9 Å². The van der Waals surface area contributed by atoms with Crippen LogP contribution in [-0.4, -0.2) is 17.4 Å². The van der Waals surface area contributed by atoms with Crippen molar-refractivity contribution in [1.29, 1.82) is 0 Å². The number of thiazole rings is 1. The SMILES string of the molecule is NC(=O)CCCNc1nccs1. The third-order valence-corrected chi connectivity index (χ3v) is 2.04. The molecule has 0 atom stereocenters. The fraction of sp³-hybridized carbons (Fsp3) is 0.429. The number of nitrogens with two attached hydrogens (primary N) is 1. The van der Waals surface area contributed by atoms with Crippen LogP contribution in [0.15, 0.2) is 11.6 Å². The topological polar surface area (TPSA) is 68.0 Å². The first-order valence-electron chi connectivity index (χ1n) is 3.70. The molecule has 0 aliphatic heterocycles. The van der Waals surface area contributed by atoms with E-state index in [4.69, 9.17) is 5.73 Å². The first-order chi connectivity index (χ1) is 5.79. The second-order valence-corrected chi connectivity index (χ2v) is 3.23.